The summed E-state index contributed by atoms with van der Waals surface area (Å²) in [6.45, 7) is 0. The molecule has 0 atom stereocenters. The third kappa shape index (κ3) is 3.69. The zero-order valence-electron chi connectivity index (χ0n) is 10.6. The van der Waals surface area contributed by atoms with E-state index in [1.165, 1.54) is 23.5 Å². The molecule has 0 aliphatic heterocycles. The van der Waals surface area contributed by atoms with E-state index in [4.69, 9.17) is 0 Å². The van der Waals surface area contributed by atoms with Gasteiger partial charge in [0.1, 0.15) is 5.82 Å². The molecule has 1 heterocycles. The standard InChI is InChI=1S/C13H8Br2FNO3S/c1-20-13(19)7-4-6(2-3-9(7)16)17-12(18)10-5-8(14)11(15)21-10/h2-5H,1H3,(H,17,18). The third-order valence-corrected chi connectivity index (χ3v) is 5.75. The fraction of sp³-hybridized carbons (Fsp3) is 0.0769. The molecule has 1 aromatic carbocycles. The van der Waals surface area contributed by atoms with Gasteiger partial charge in [-0.1, -0.05) is 0 Å². The van der Waals surface area contributed by atoms with Crippen LogP contribution in [0.15, 0.2) is 32.5 Å². The number of amides is 1. The van der Waals surface area contributed by atoms with Gasteiger partial charge in [-0.05, 0) is 56.1 Å². The summed E-state index contributed by atoms with van der Waals surface area (Å²) in [5.74, 6) is -1.86. The number of carbonyl (C=O) groups excluding carboxylic acids is 2. The van der Waals surface area contributed by atoms with Gasteiger partial charge in [0.05, 0.1) is 21.3 Å². The lowest BCUT2D eigenvalue weighted by Gasteiger charge is -2.06. The summed E-state index contributed by atoms with van der Waals surface area (Å²) in [5.41, 5.74) is 0.0753. The van der Waals surface area contributed by atoms with Crippen molar-refractivity contribution < 1.29 is 18.7 Å². The van der Waals surface area contributed by atoms with Crippen LogP contribution < -0.4 is 5.32 Å². The Bertz CT molecular complexity index is 698. The average Bonchev–Trinajstić information content (AvgIpc) is 2.80. The van der Waals surface area contributed by atoms with E-state index < -0.39 is 11.8 Å². The van der Waals surface area contributed by atoms with Crippen LogP contribution in [0.25, 0.3) is 0 Å². The molecule has 1 N–H and O–H groups in total. The van der Waals surface area contributed by atoms with Gasteiger partial charge in [0.15, 0.2) is 0 Å². The maximum Gasteiger partial charge on any atom is 0.340 e. The quantitative estimate of drug-likeness (QED) is 0.723. The van der Waals surface area contributed by atoms with Crippen LogP contribution >= 0.6 is 43.2 Å². The van der Waals surface area contributed by atoms with E-state index in [0.29, 0.717) is 10.6 Å². The molecule has 0 aliphatic carbocycles. The number of rotatable bonds is 3. The van der Waals surface area contributed by atoms with E-state index in [9.17, 15) is 14.0 Å². The average molecular weight is 437 g/mol. The van der Waals surface area contributed by atoms with Gasteiger partial charge < -0.3 is 10.1 Å². The summed E-state index contributed by atoms with van der Waals surface area (Å²) >= 11 is 7.84. The minimum Gasteiger partial charge on any atom is -0.465 e. The molecule has 0 saturated heterocycles. The topological polar surface area (TPSA) is 55.4 Å². The van der Waals surface area contributed by atoms with E-state index >= 15 is 0 Å². The number of thiophene rings is 1. The van der Waals surface area contributed by atoms with Crippen molar-refractivity contribution in [1.82, 2.24) is 0 Å². The molecule has 110 valence electrons. The van der Waals surface area contributed by atoms with E-state index in [2.05, 4.69) is 41.9 Å². The maximum atomic E-state index is 13.5. The summed E-state index contributed by atoms with van der Waals surface area (Å²) in [6.07, 6.45) is 0. The molecule has 0 saturated carbocycles. The molecule has 4 nitrogen and oxygen atoms in total. The van der Waals surface area contributed by atoms with Crippen molar-refractivity contribution in [3.63, 3.8) is 0 Å². The predicted molar refractivity (Wildman–Crippen MR) is 85.4 cm³/mol. The van der Waals surface area contributed by atoms with Crippen molar-refractivity contribution in [2.24, 2.45) is 0 Å². The number of benzene rings is 1. The summed E-state index contributed by atoms with van der Waals surface area (Å²) < 4.78 is 19.5. The van der Waals surface area contributed by atoms with E-state index in [-0.39, 0.29) is 11.5 Å². The van der Waals surface area contributed by atoms with Crippen LogP contribution in [0.3, 0.4) is 0 Å². The largest absolute Gasteiger partial charge is 0.465 e. The maximum absolute atomic E-state index is 13.5. The smallest absolute Gasteiger partial charge is 0.340 e. The molecular formula is C13H8Br2FNO3S. The first-order valence-corrected chi connectivity index (χ1v) is 7.96. The van der Waals surface area contributed by atoms with Crippen LogP contribution in [0.4, 0.5) is 10.1 Å². The van der Waals surface area contributed by atoms with Crippen LogP contribution in [0.1, 0.15) is 20.0 Å². The lowest BCUT2D eigenvalue weighted by Crippen LogP contribution is -2.12. The number of carbonyl (C=O) groups is 2. The van der Waals surface area contributed by atoms with Gasteiger partial charge in [0.2, 0.25) is 0 Å². The fourth-order valence-corrected chi connectivity index (χ4v) is 3.45. The molecule has 1 aromatic heterocycles. The third-order valence-electron chi connectivity index (χ3n) is 2.50. The Labute approximate surface area is 140 Å². The zero-order chi connectivity index (χ0) is 15.6. The molecule has 0 radical (unpaired) electrons. The Hall–Kier alpha value is -1.25. The van der Waals surface area contributed by atoms with Crippen molar-refractivity contribution >= 4 is 60.8 Å². The number of esters is 1. The Morgan fingerprint density at radius 2 is 2.00 bits per heavy atom. The number of nitrogens with one attached hydrogen (secondary N) is 1. The molecule has 0 aliphatic rings. The number of anilines is 1. The van der Waals surface area contributed by atoms with Crippen LogP contribution in [-0.2, 0) is 4.74 Å². The number of halogens is 3. The van der Waals surface area contributed by atoms with Crippen molar-refractivity contribution in [2.75, 3.05) is 12.4 Å². The first-order chi connectivity index (χ1) is 9.92. The first-order valence-electron chi connectivity index (χ1n) is 5.56. The molecular weight excluding hydrogens is 429 g/mol. The molecule has 1 amide bonds. The second-order valence-corrected chi connectivity index (χ2v) is 7.10. The first kappa shape index (κ1) is 16.1. The molecule has 0 unspecified atom stereocenters. The van der Waals surface area contributed by atoms with E-state index in [1.807, 2.05) is 0 Å². The van der Waals surface area contributed by atoms with Crippen molar-refractivity contribution in [2.45, 2.75) is 0 Å². The molecule has 0 spiro atoms. The molecule has 21 heavy (non-hydrogen) atoms. The molecule has 0 bridgehead atoms. The number of hydrogen-bond acceptors (Lipinski definition) is 4. The highest BCUT2D eigenvalue weighted by atomic mass is 79.9. The summed E-state index contributed by atoms with van der Waals surface area (Å²) in [5, 5.41) is 2.60. The van der Waals surface area contributed by atoms with Crippen LogP contribution in [0.5, 0.6) is 0 Å². The summed E-state index contributed by atoms with van der Waals surface area (Å²) in [4.78, 5) is 23.9. The van der Waals surface area contributed by atoms with Crippen LogP contribution in [-0.4, -0.2) is 19.0 Å². The molecule has 2 rings (SSSR count). The second-order valence-electron chi connectivity index (χ2n) is 3.87. The van der Waals surface area contributed by atoms with Gasteiger partial charge in [0.25, 0.3) is 5.91 Å². The van der Waals surface area contributed by atoms with E-state index in [1.54, 1.807) is 6.07 Å². The minimum absolute atomic E-state index is 0.233. The summed E-state index contributed by atoms with van der Waals surface area (Å²) in [6, 6.07) is 5.37. The highest BCUT2D eigenvalue weighted by molar-refractivity contribution is 9.13. The lowest BCUT2D eigenvalue weighted by atomic mass is 10.2. The van der Waals surface area contributed by atoms with Crippen LogP contribution in [0, 0.1) is 5.82 Å². The molecule has 8 heteroatoms. The Morgan fingerprint density at radius 1 is 1.29 bits per heavy atom. The number of methoxy groups -OCH3 is 1. The van der Waals surface area contributed by atoms with Gasteiger partial charge in [0, 0.05) is 10.2 Å². The number of hydrogen-bond donors (Lipinski definition) is 1. The number of ether oxygens (including phenoxy) is 1. The second kappa shape index (κ2) is 6.67. The van der Waals surface area contributed by atoms with Gasteiger partial charge in [-0.25, -0.2) is 9.18 Å². The van der Waals surface area contributed by atoms with Crippen molar-refractivity contribution in [3.05, 3.63) is 48.8 Å². The Kier molecular flexibility index (Phi) is 5.13. The van der Waals surface area contributed by atoms with Gasteiger partial charge in [-0.3, -0.25) is 4.79 Å². The van der Waals surface area contributed by atoms with Crippen molar-refractivity contribution in [1.29, 1.82) is 0 Å². The predicted octanol–water partition coefficient (Wildman–Crippen LogP) is 4.45. The summed E-state index contributed by atoms with van der Waals surface area (Å²) in [7, 11) is 1.16. The minimum atomic E-state index is -0.801. The Morgan fingerprint density at radius 3 is 2.57 bits per heavy atom. The zero-order valence-corrected chi connectivity index (χ0v) is 14.6. The molecule has 2 aromatic rings. The van der Waals surface area contributed by atoms with Crippen LogP contribution in [0.2, 0.25) is 0 Å². The monoisotopic (exact) mass is 435 g/mol. The van der Waals surface area contributed by atoms with E-state index in [0.717, 1.165) is 21.4 Å². The van der Waals surface area contributed by atoms with Gasteiger partial charge >= 0.3 is 5.97 Å². The lowest BCUT2D eigenvalue weighted by molar-refractivity contribution is 0.0595. The highest BCUT2D eigenvalue weighted by Crippen LogP contribution is 2.32. The SMILES string of the molecule is COC(=O)c1cc(NC(=O)c2cc(Br)c(Br)s2)ccc1F. The van der Waals surface area contributed by atoms with Gasteiger partial charge in [-0.2, -0.15) is 0 Å². The highest BCUT2D eigenvalue weighted by Gasteiger charge is 2.16. The fourth-order valence-electron chi connectivity index (χ4n) is 1.52. The van der Waals surface area contributed by atoms with Gasteiger partial charge in [-0.15, -0.1) is 11.3 Å². The Balaban J connectivity index is 2.23. The molecule has 0 fully saturated rings. The van der Waals surface area contributed by atoms with Crippen molar-refractivity contribution in [3.8, 4) is 0 Å². The normalized spacial score (nSPS) is 10.3.